The summed E-state index contributed by atoms with van der Waals surface area (Å²) in [5.74, 6) is 0.332. The van der Waals surface area contributed by atoms with Gasteiger partial charge in [0.1, 0.15) is 5.82 Å². The number of aryl methyl sites for hydroxylation is 1. The van der Waals surface area contributed by atoms with E-state index in [1.54, 1.807) is 23.5 Å². The first-order chi connectivity index (χ1) is 12.1. The van der Waals surface area contributed by atoms with E-state index in [2.05, 4.69) is 27.5 Å². The van der Waals surface area contributed by atoms with E-state index < -0.39 is 6.10 Å². The molecule has 1 aromatic heterocycles. The fourth-order valence-electron chi connectivity index (χ4n) is 2.22. The lowest BCUT2D eigenvalue weighted by molar-refractivity contribution is 0.187. The number of nitrogens with zero attached hydrogens (tertiary/aromatic N) is 2. The van der Waals surface area contributed by atoms with Gasteiger partial charge in [-0.3, -0.25) is 4.99 Å². The molecule has 0 aliphatic heterocycles. The lowest BCUT2D eigenvalue weighted by Gasteiger charge is -2.13. The molecule has 1 heterocycles. The minimum Gasteiger partial charge on any atom is -0.386 e. The maximum Gasteiger partial charge on any atom is 0.191 e. The summed E-state index contributed by atoms with van der Waals surface area (Å²) in [7, 11) is 0. The molecule has 2 rings (SSSR count). The fraction of sp³-hybridized carbons (Fsp3) is 0.444. The van der Waals surface area contributed by atoms with Gasteiger partial charge in [0, 0.05) is 30.6 Å². The Labute approximate surface area is 152 Å². The summed E-state index contributed by atoms with van der Waals surface area (Å²) in [6.45, 7) is 5.77. The molecule has 7 heteroatoms. The second-order valence-corrected chi connectivity index (χ2v) is 6.74. The topological polar surface area (TPSA) is 69.5 Å². The number of benzene rings is 1. The third kappa shape index (κ3) is 6.43. The van der Waals surface area contributed by atoms with Gasteiger partial charge >= 0.3 is 0 Å². The van der Waals surface area contributed by atoms with Gasteiger partial charge in [0.05, 0.1) is 17.7 Å². The smallest absolute Gasteiger partial charge is 0.191 e. The molecule has 0 spiro atoms. The van der Waals surface area contributed by atoms with Crippen LogP contribution in [-0.2, 0) is 12.8 Å². The largest absolute Gasteiger partial charge is 0.386 e. The highest BCUT2D eigenvalue weighted by Crippen LogP contribution is 2.14. The third-order valence-corrected chi connectivity index (χ3v) is 4.80. The zero-order chi connectivity index (χ0) is 18.1. The molecule has 25 heavy (non-hydrogen) atoms. The van der Waals surface area contributed by atoms with E-state index in [9.17, 15) is 9.50 Å². The predicted octanol–water partition coefficient (Wildman–Crippen LogP) is 2.68. The van der Waals surface area contributed by atoms with Crippen LogP contribution >= 0.6 is 11.3 Å². The highest BCUT2D eigenvalue weighted by molar-refractivity contribution is 7.11. The molecule has 0 amide bonds. The molecular formula is C18H25FN4OS. The molecule has 0 bridgehead atoms. The van der Waals surface area contributed by atoms with Crippen LogP contribution in [0.4, 0.5) is 4.39 Å². The van der Waals surface area contributed by atoms with Crippen molar-refractivity contribution in [2.24, 2.45) is 4.99 Å². The molecule has 0 fully saturated rings. The Morgan fingerprint density at radius 3 is 2.68 bits per heavy atom. The van der Waals surface area contributed by atoms with Gasteiger partial charge in [-0.1, -0.05) is 19.1 Å². The first-order valence-corrected chi connectivity index (χ1v) is 9.33. The number of nitrogens with one attached hydrogen (secondary N) is 2. The monoisotopic (exact) mass is 364 g/mol. The van der Waals surface area contributed by atoms with E-state index in [-0.39, 0.29) is 12.4 Å². The van der Waals surface area contributed by atoms with Crippen LogP contribution in [0.2, 0.25) is 0 Å². The van der Waals surface area contributed by atoms with E-state index >= 15 is 0 Å². The quantitative estimate of drug-likeness (QED) is 0.498. The van der Waals surface area contributed by atoms with Crippen LogP contribution in [-0.4, -0.2) is 35.7 Å². The minimum absolute atomic E-state index is 0.207. The second kappa shape index (κ2) is 10.1. The molecule has 1 atom stereocenters. The summed E-state index contributed by atoms with van der Waals surface area (Å²) in [6.07, 6.45) is 3.01. The number of aliphatic hydroxyl groups excluding tert-OH is 1. The van der Waals surface area contributed by atoms with Gasteiger partial charge in [-0.15, -0.1) is 11.3 Å². The van der Waals surface area contributed by atoms with Crippen LogP contribution in [0, 0.1) is 5.82 Å². The first kappa shape index (κ1) is 19.3. The van der Waals surface area contributed by atoms with Crippen LogP contribution < -0.4 is 10.6 Å². The van der Waals surface area contributed by atoms with Crippen molar-refractivity contribution in [3.8, 4) is 0 Å². The first-order valence-electron chi connectivity index (χ1n) is 8.51. The highest BCUT2D eigenvalue weighted by Gasteiger charge is 2.08. The molecule has 2 aromatic rings. The average molecular weight is 364 g/mol. The number of aliphatic imine (C=N–C) groups is 1. The number of halogens is 1. The van der Waals surface area contributed by atoms with Crippen molar-refractivity contribution in [2.45, 2.75) is 32.8 Å². The number of thiazole rings is 1. The molecule has 1 unspecified atom stereocenters. The fourth-order valence-corrected chi connectivity index (χ4v) is 3.09. The summed E-state index contributed by atoms with van der Waals surface area (Å²) >= 11 is 1.73. The number of hydrogen-bond acceptors (Lipinski definition) is 4. The van der Waals surface area contributed by atoms with Crippen molar-refractivity contribution in [1.82, 2.24) is 15.6 Å². The van der Waals surface area contributed by atoms with Gasteiger partial charge < -0.3 is 15.7 Å². The molecular weight excluding hydrogens is 339 g/mol. The molecule has 0 aliphatic rings. The van der Waals surface area contributed by atoms with Crippen molar-refractivity contribution in [3.05, 3.63) is 51.7 Å². The third-order valence-electron chi connectivity index (χ3n) is 3.60. The molecule has 0 saturated carbocycles. The lowest BCUT2D eigenvalue weighted by atomic mass is 10.1. The van der Waals surface area contributed by atoms with Crippen LogP contribution in [0.1, 0.15) is 35.4 Å². The minimum atomic E-state index is -0.762. The van der Waals surface area contributed by atoms with E-state index in [1.807, 2.05) is 13.1 Å². The summed E-state index contributed by atoms with van der Waals surface area (Å²) in [4.78, 5) is 10.1. The second-order valence-electron chi connectivity index (χ2n) is 5.54. The summed E-state index contributed by atoms with van der Waals surface area (Å²) in [5.41, 5.74) is 0.649. The van der Waals surface area contributed by atoms with E-state index in [0.29, 0.717) is 11.5 Å². The molecule has 136 valence electrons. The van der Waals surface area contributed by atoms with E-state index in [1.165, 1.54) is 17.0 Å². The van der Waals surface area contributed by atoms with Crippen molar-refractivity contribution in [1.29, 1.82) is 0 Å². The van der Waals surface area contributed by atoms with Gasteiger partial charge in [-0.25, -0.2) is 9.37 Å². The van der Waals surface area contributed by atoms with Crippen LogP contribution in [0.15, 0.2) is 35.5 Å². The Kier molecular flexibility index (Phi) is 7.81. The maximum absolute atomic E-state index is 12.9. The molecule has 0 aliphatic carbocycles. The SMILES string of the molecule is CCNC(=NCC(O)c1ccc(F)cc1)NCCc1ncc(CC)s1. The Hall–Kier alpha value is -1.99. The van der Waals surface area contributed by atoms with Crippen LogP contribution in [0.25, 0.3) is 0 Å². The molecule has 1 aromatic carbocycles. The Morgan fingerprint density at radius 2 is 2.04 bits per heavy atom. The maximum atomic E-state index is 12.9. The Bertz CT molecular complexity index is 672. The molecule has 0 saturated heterocycles. The summed E-state index contributed by atoms with van der Waals surface area (Å²) < 4.78 is 12.9. The number of hydrogen-bond donors (Lipinski definition) is 3. The van der Waals surface area contributed by atoms with Crippen LogP contribution in [0.5, 0.6) is 0 Å². The molecule has 3 N–H and O–H groups in total. The van der Waals surface area contributed by atoms with Crippen molar-refractivity contribution < 1.29 is 9.50 Å². The molecule has 0 radical (unpaired) electrons. The number of aliphatic hydroxyl groups is 1. The summed E-state index contributed by atoms with van der Waals surface area (Å²) in [6, 6.07) is 5.82. The highest BCUT2D eigenvalue weighted by atomic mass is 32.1. The van der Waals surface area contributed by atoms with Gasteiger partial charge in [-0.05, 0) is 31.0 Å². The van der Waals surface area contributed by atoms with Gasteiger partial charge in [0.2, 0.25) is 0 Å². The lowest BCUT2D eigenvalue weighted by Crippen LogP contribution is -2.38. The zero-order valence-electron chi connectivity index (χ0n) is 14.6. The molecule has 5 nitrogen and oxygen atoms in total. The van der Waals surface area contributed by atoms with E-state index in [4.69, 9.17) is 0 Å². The van der Waals surface area contributed by atoms with Gasteiger partial charge in [-0.2, -0.15) is 0 Å². The Morgan fingerprint density at radius 1 is 1.28 bits per heavy atom. The number of rotatable bonds is 8. The van der Waals surface area contributed by atoms with E-state index in [0.717, 1.165) is 30.9 Å². The number of aromatic nitrogens is 1. The standard InChI is InChI=1S/C18H25FN4OS/c1-3-15-11-22-17(25-15)9-10-21-18(20-4-2)23-12-16(24)13-5-7-14(19)8-6-13/h5-8,11,16,24H,3-4,9-10,12H2,1-2H3,(H2,20,21,23). The van der Waals surface area contributed by atoms with Gasteiger partial charge in [0.15, 0.2) is 5.96 Å². The van der Waals surface area contributed by atoms with Crippen molar-refractivity contribution in [2.75, 3.05) is 19.6 Å². The Balaban J connectivity index is 1.85. The normalized spacial score (nSPS) is 12.9. The average Bonchev–Trinajstić information content (AvgIpc) is 3.08. The zero-order valence-corrected chi connectivity index (χ0v) is 15.4. The summed E-state index contributed by atoms with van der Waals surface area (Å²) in [5, 5.41) is 17.7. The number of guanidine groups is 1. The van der Waals surface area contributed by atoms with Crippen molar-refractivity contribution in [3.63, 3.8) is 0 Å². The van der Waals surface area contributed by atoms with Gasteiger partial charge in [0.25, 0.3) is 0 Å². The van der Waals surface area contributed by atoms with Crippen molar-refractivity contribution >= 4 is 17.3 Å². The predicted molar refractivity (Wildman–Crippen MR) is 101 cm³/mol. The van der Waals surface area contributed by atoms with Crippen LogP contribution in [0.3, 0.4) is 0 Å².